The fraction of sp³-hybridized carbons (Fsp3) is 0.176. The van der Waals surface area contributed by atoms with Gasteiger partial charge in [-0.15, -0.1) is 6.42 Å². The number of aliphatic imine (C=N–C) groups is 1. The molecule has 2 N–H and O–H groups in total. The molecule has 0 radical (unpaired) electrons. The summed E-state index contributed by atoms with van der Waals surface area (Å²) < 4.78 is 23.8. The molecule has 0 aliphatic rings. The van der Waals surface area contributed by atoms with Crippen molar-refractivity contribution >= 4 is 23.3 Å². The number of halogens is 2. The molecule has 0 aliphatic heterocycles. The van der Waals surface area contributed by atoms with Crippen LogP contribution in [0.2, 0.25) is 5.02 Å². The highest BCUT2D eigenvalue weighted by molar-refractivity contribution is 6.32. The van der Waals surface area contributed by atoms with Gasteiger partial charge < -0.3 is 15.2 Å². The van der Waals surface area contributed by atoms with E-state index in [4.69, 9.17) is 28.5 Å². The molecular formula is C17H16ClFN2O3. The number of nitrogens with two attached hydrogens (primary N) is 1. The van der Waals surface area contributed by atoms with Crippen LogP contribution >= 0.6 is 11.6 Å². The van der Waals surface area contributed by atoms with Crippen molar-refractivity contribution in [2.75, 3.05) is 14.2 Å². The number of hydrogen-bond acceptors (Lipinski definition) is 5. The number of terminal acetylenes is 1. The first-order chi connectivity index (χ1) is 11.3. The van der Waals surface area contributed by atoms with Crippen LogP contribution in [-0.4, -0.2) is 25.9 Å². The molecule has 1 rings (SSSR count). The Labute approximate surface area is 144 Å². The molecule has 0 saturated heterocycles. The van der Waals surface area contributed by atoms with Crippen LogP contribution in [0.1, 0.15) is 12.5 Å². The van der Waals surface area contributed by atoms with Crippen molar-refractivity contribution in [3.05, 3.63) is 52.1 Å². The minimum absolute atomic E-state index is 0.0393. The molecular weight excluding hydrogens is 335 g/mol. The lowest BCUT2D eigenvalue weighted by Crippen LogP contribution is -2.11. The van der Waals surface area contributed by atoms with Gasteiger partial charge in [-0.2, -0.15) is 0 Å². The van der Waals surface area contributed by atoms with Crippen molar-refractivity contribution in [1.29, 1.82) is 0 Å². The van der Waals surface area contributed by atoms with E-state index in [-0.39, 0.29) is 39.0 Å². The van der Waals surface area contributed by atoms with E-state index in [0.29, 0.717) is 0 Å². The van der Waals surface area contributed by atoms with E-state index in [0.717, 1.165) is 0 Å². The smallest absolute Gasteiger partial charge is 0.338 e. The molecule has 0 fully saturated rings. The van der Waals surface area contributed by atoms with Gasteiger partial charge in [0, 0.05) is 5.56 Å². The summed E-state index contributed by atoms with van der Waals surface area (Å²) >= 11 is 5.85. The first kappa shape index (κ1) is 19.3. The predicted molar refractivity (Wildman–Crippen MR) is 91.4 cm³/mol. The highest BCUT2D eigenvalue weighted by Gasteiger charge is 2.17. The Bertz CT molecular complexity index is 792. The molecule has 0 heterocycles. The van der Waals surface area contributed by atoms with Crippen LogP contribution in [0, 0.1) is 18.2 Å². The van der Waals surface area contributed by atoms with Gasteiger partial charge >= 0.3 is 5.97 Å². The van der Waals surface area contributed by atoms with Crippen LogP contribution in [0.25, 0.3) is 0 Å². The number of benzene rings is 1. The zero-order chi connectivity index (χ0) is 18.4. The van der Waals surface area contributed by atoms with E-state index in [2.05, 4.69) is 22.2 Å². The monoisotopic (exact) mass is 350 g/mol. The number of ether oxygens (including phenoxy) is 2. The minimum Gasteiger partial charge on any atom is -0.492 e. The van der Waals surface area contributed by atoms with Crippen molar-refractivity contribution in [2.45, 2.75) is 6.92 Å². The fourth-order valence-electron chi connectivity index (χ4n) is 1.84. The van der Waals surface area contributed by atoms with Crippen LogP contribution in [0.4, 0.5) is 4.39 Å². The Kier molecular flexibility index (Phi) is 6.57. The normalized spacial score (nSPS) is 12.1. The van der Waals surface area contributed by atoms with Crippen molar-refractivity contribution < 1.29 is 18.7 Å². The van der Waals surface area contributed by atoms with Crippen LogP contribution in [-0.2, 0) is 9.53 Å². The molecule has 0 saturated carbocycles. The third-order valence-corrected chi connectivity index (χ3v) is 3.36. The third-order valence-electron chi connectivity index (χ3n) is 3.07. The summed E-state index contributed by atoms with van der Waals surface area (Å²) in [7, 11) is 2.48. The molecule has 0 aromatic heterocycles. The first-order valence-corrected chi connectivity index (χ1v) is 6.97. The highest BCUT2D eigenvalue weighted by Crippen LogP contribution is 2.30. The van der Waals surface area contributed by atoms with Crippen LogP contribution < -0.4 is 10.5 Å². The standard InChI is InChI=1S/C17H16ClFN2O3/c1-6-11(9(2)17(22)24-5)16(20)21-10(3)12-7-8-13(18)15(23-4)14(12)19/h1,7-8H,2,20H2,3-5H3/b16-11-,21-10?. The summed E-state index contributed by atoms with van der Waals surface area (Å²) in [5.74, 6) is 0.526. The number of carbonyl (C=O) groups excluding carboxylic acids is 1. The van der Waals surface area contributed by atoms with E-state index in [1.807, 2.05) is 0 Å². The second-order valence-electron chi connectivity index (χ2n) is 4.51. The molecule has 0 aliphatic carbocycles. The van der Waals surface area contributed by atoms with Gasteiger partial charge in [0.1, 0.15) is 5.82 Å². The van der Waals surface area contributed by atoms with Gasteiger partial charge in [0.05, 0.1) is 36.1 Å². The molecule has 126 valence electrons. The van der Waals surface area contributed by atoms with E-state index in [9.17, 15) is 9.18 Å². The predicted octanol–water partition coefficient (Wildman–Crippen LogP) is 2.83. The first-order valence-electron chi connectivity index (χ1n) is 6.60. The zero-order valence-corrected chi connectivity index (χ0v) is 14.2. The SMILES string of the molecule is C#C/C(C(=C)C(=O)OC)=C(\N)N=C(C)c1ccc(Cl)c(OC)c1F. The summed E-state index contributed by atoms with van der Waals surface area (Å²) in [6.07, 6.45) is 5.34. The lowest BCUT2D eigenvalue weighted by atomic mass is 10.1. The Hall–Kier alpha value is -2.78. The molecule has 7 heteroatoms. The largest absolute Gasteiger partial charge is 0.492 e. The van der Waals surface area contributed by atoms with Gasteiger partial charge in [0.2, 0.25) is 0 Å². The number of hydrogen-bond donors (Lipinski definition) is 1. The van der Waals surface area contributed by atoms with Gasteiger partial charge in [-0.25, -0.2) is 14.2 Å². The maximum absolute atomic E-state index is 14.4. The van der Waals surface area contributed by atoms with Gasteiger partial charge in [0.15, 0.2) is 11.6 Å². The summed E-state index contributed by atoms with van der Waals surface area (Å²) in [5.41, 5.74) is 5.99. The molecule has 24 heavy (non-hydrogen) atoms. The van der Waals surface area contributed by atoms with E-state index in [1.165, 1.54) is 33.3 Å². The topological polar surface area (TPSA) is 73.9 Å². The maximum atomic E-state index is 14.4. The van der Waals surface area contributed by atoms with Gasteiger partial charge in [-0.3, -0.25) is 0 Å². The van der Waals surface area contributed by atoms with E-state index < -0.39 is 11.8 Å². The second-order valence-corrected chi connectivity index (χ2v) is 4.92. The molecule has 0 amide bonds. The Balaban J connectivity index is 3.39. The fourth-order valence-corrected chi connectivity index (χ4v) is 2.06. The number of carbonyl (C=O) groups is 1. The zero-order valence-electron chi connectivity index (χ0n) is 13.4. The van der Waals surface area contributed by atoms with Crippen molar-refractivity contribution in [1.82, 2.24) is 0 Å². The molecule has 1 aromatic rings. The third kappa shape index (κ3) is 3.94. The lowest BCUT2D eigenvalue weighted by Gasteiger charge is -2.10. The molecule has 0 atom stereocenters. The molecule has 0 bridgehead atoms. The number of methoxy groups -OCH3 is 2. The van der Waals surface area contributed by atoms with Crippen LogP contribution in [0.5, 0.6) is 5.75 Å². The average Bonchev–Trinajstić information content (AvgIpc) is 2.54. The summed E-state index contributed by atoms with van der Waals surface area (Å²) in [6.45, 7) is 5.04. The lowest BCUT2D eigenvalue weighted by molar-refractivity contribution is -0.135. The Morgan fingerprint density at radius 3 is 2.58 bits per heavy atom. The van der Waals surface area contributed by atoms with Gasteiger partial charge in [0.25, 0.3) is 0 Å². The van der Waals surface area contributed by atoms with Crippen molar-refractivity contribution in [3.63, 3.8) is 0 Å². The maximum Gasteiger partial charge on any atom is 0.338 e. The molecule has 0 spiro atoms. The molecule has 0 unspecified atom stereocenters. The Morgan fingerprint density at radius 1 is 1.46 bits per heavy atom. The van der Waals surface area contributed by atoms with Crippen molar-refractivity contribution in [3.8, 4) is 18.1 Å². The summed E-state index contributed by atoms with van der Waals surface area (Å²) in [5, 5.41) is 0.124. The van der Waals surface area contributed by atoms with Gasteiger partial charge in [-0.1, -0.05) is 24.1 Å². The van der Waals surface area contributed by atoms with E-state index >= 15 is 0 Å². The molecule has 5 nitrogen and oxygen atoms in total. The molecule has 1 aromatic carbocycles. The average molecular weight is 351 g/mol. The quantitative estimate of drug-likeness (QED) is 0.291. The van der Waals surface area contributed by atoms with E-state index in [1.54, 1.807) is 0 Å². The van der Waals surface area contributed by atoms with Crippen molar-refractivity contribution in [2.24, 2.45) is 10.7 Å². The second kappa shape index (κ2) is 8.18. The van der Waals surface area contributed by atoms with Gasteiger partial charge in [-0.05, 0) is 19.1 Å². The Morgan fingerprint density at radius 2 is 2.08 bits per heavy atom. The highest BCUT2D eigenvalue weighted by atomic mass is 35.5. The number of nitrogens with zero attached hydrogens (tertiary/aromatic N) is 1. The summed E-state index contributed by atoms with van der Waals surface area (Å²) in [4.78, 5) is 15.5. The minimum atomic E-state index is -0.738. The summed E-state index contributed by atoms with van der Waals surface area (Å²) in [6, 6.07) is 2.89. The number of esters is 1. The van der Waals surface area contributed by atoms with Crippen LogP contribution in [0.3, 0.4) is 0 Å². The van der Waals surface area contributed by atoms with Crippen LogP contribution in [0.15, 0.2) is 40.7 Å². The number of rotatable bonds is 5.